The molecule has 1 aromatic carbocycles. The largest absolute Gasteiger partial charge is 0.342 e. The molecule has 176 valence electrons. The highest BCUT2D eigenvalue weighted by Crippen LogP contribution is 2.24. The molecular formula is C26H29N5O2S. The molecule has 8 heteroatoms. The SMILES string of the molecule is Cc1cc(-c2c(C)nc3scc(CC(=O)N4CCC(Cc5ccccc5)CC4)n3c2=O)n(C)n1. The van der Waals surface area contributed by atoms with Gasteiger partial charge in [-0.2, -0.15) is 5.10 Å². The number of aromatic nitrogens is 4. The average molecular weight is 476 g/mol. The number of fused-ring (bicyclic) bond motifs is 1. The Hall–Kier alpha value is -3.26. The molecule has 4 heterocycles. The molecule has 0 spiro atoms. The number of benzene rings is 1. The Morgan fingerprint density at radius 3 is 2.56 bits per heavy atom. The molecule has 0 radical (unpaired) electrons. The van der Waals surface area contributed by atoms with E-state index in [9.17, 15) is 9.59 Å². The first-order chi connectivity index (χ1) is 16.4. The van der Waals surface area contributed by atoms with E-state index in [1.165, 1.54) is 16.9 Å². The van der Waals surface area contributed by atoms with E-state index in [0.29, 0.717) is 27.8 Å². The third kappa shape index (κ3) is 4.30. The number of carbonyl (C=O) groups is 1. The van der Waals surface area contributed by atoms with Gasteiger partial charge < -0.3 is 4.90 Å². The second-order valence-electron chi connectivity index (χ2n) is 9.21. The van der Waals surface area contributed by atoms with Gasteiger partial charge in [0.05, 0.1) is 29.1 Å². The Kier molecular flexibility index (Phi) is 6.08. The van der Waals surface area contributed by atoms with Crippen molar-refractivity contribution in [2.75, 3.05) is 13.1 Å². The molecule has 0 atom stereocenters. The summed E-state index contributed by atoms with van der Waals surface area (Å²) in [6.07, 6.45) is 3.29. The van der Waals surface area contributed by atoms with Gasteiger partial charge in [0.25, 0.3) is 5.56 Å². The molecular weight excluding hydrogens is 446 g/mol. The third-order valence-electron chi connectivity index (χ3n) is 6.75. The molecule has 7 nitrogen and oxygen atoms in total. The van der Waals surface area contributed by atoms with Gasteiger partial charge in [0, 0.05) is 31.2 Å². The fraction of sp³-hybridized carbons (Fsp3) is 0.385. The van der Waals surface area contributed by atoms with E-state index in [1.54, 1.807) is 9.08 Å². The first-order valence-corrected chi connectivity index (χ1v) is 12.6. The summed E-state index contributed by atoms with van der Waals surface area (Å²) in [6.45, 7) is 5.29. The summed E-state index contributed by atoms with van der Waals surface area (Å²) >= 11 is 1.40. The number of hydrogen-bond acceptors (Lipinski definition) is 5. The van der Waals surface area contributed by atoms with Crippen molar-refractivity contribution in [2.24, 2.45) is 13.0 Å². The van der Waals surface area contributed by atoms with Gasteiger partial charge in [-0.3, -0.25) is 18.7 Å². The van der Waals surface area contributed by atoms with Crippen LogP contribution in [0.5, 0.6) is 0 Å². The summed E-state index contributed by atoms with van der Waals surface area (Å²) in [5, 5.41) is 6.27. The first kappa shape index (κ1) is 22.5. The summed E-state index contributed by atoms with van der Waals surface area (Å²) in [4.78, 5) is 33.9. The lowest BCUT2D eigenvalue weighted by Gasteiger charge is -2.32. The molecule has 4 aromatic rings. The predicted molar refractivity (Wildman–Crippen MR) is 134 cm³/mol. The number of amides is 1. The highest BCUT2D eigenvalue weighted by molar-refractivity contribution is 7.15. The number of hydrogen-bond donors (Lipinski definition) is 0. The Morgan fingerprint density at radius 1 is 1.15 bits per heavy atom. The molecule has 1 aliphatic rings. The van der Waals surface area contributed by atoms with Crippen LogP contribution in [0.1, 0.15) is 35.5 Å². The maximum atomic E-state index is 13.5. The number of nitrogens with zero attached hydrogens (tertiary/aromatic N) is 5. The van der Waals surface area contributed by atoms with Crippen molar-refractivity contribution in [3.8, 4) is 11.3 Å². The van der Waals surface area contributed by atoms with Crippen molar-refractivity contribution in [3.63, 3.8) is 0 Å². The van der Waals surface area contributed by atoms with Crippen molar-refractivity contribution in [1.82, 2.24) is 24.1 Å². The first-order valence-electron chi connectivity index (χ1n) is 11.7. The van der Waals surface area contributed by atoms with Crippen molar-refractivity contribution in [3.05, 3.63) is 74.8 Å². The second kappa shape index (κ2) is 9.18. The van der Waals surface area contributed by atoms with Gasteiger partial charge in [-0.1, -0.05) is 30.3 Å². The lowest BCUT2D eigenvalue weighted by atomic mass is 9.90. The summed E-state index contributed by atoms with van der Waals surface area (Å²) in [5.74, 6) is 0.677. The van der Waals surface area contributed by atoms with Crippen LogP contribution in [0.4, 0.5) is 0 Å². The predicted octanol–water partition coefficient (Wildman–Crippen LogP) is 3.80. The van der Waals surface area contributed by atoms with Crippen molar-refractivity contribution in [1.29, 1.82) is 0 Å². The standard InChI is InChI=1S/C26H29N5O2S/c1-17-13-22(29(3)28-17)24-18(2)27-26-31(25(24)33)21(16-34-26)15-23(32)30-11-9-20(10-12-30)14-19-7-5-4-6-8-19/h4-8,13,16,20H,9-12,14-15H2,1-3H3. The van der Waals surface area contributed by atoms with Crippen LogP contribution in [0.25, 0.3) is 16.2 Å². The lowest BCUT2D eigenvalue weighted by molar-refractivity contribution is -0.131. The van der Waals surface area contributed by atoms with Crippen LogP contribution in [0.2, 0.25) is 0 Å². The molecule has 1 aliphatic heterocycles. The molecule has 1 saturated heterocycles. The monoisotopic (exact) mass is 475 g/mol. The summed E-state index contributed by atoms with van der Waals surface area (Å²) < 4.78 is 3.32. The van der Waals surface area contributed by atoms with E-state index in [1.807, 2.05) is 43.3 Å². The zero-order valence-electron chi connectivity index (χ0n) is 19.8. The van der Waals surface area contributed by atoms with Crippen LogP contribution in [0, 0.1) is 19.8 Å². The molecule has 34 heavy (non-hydrogen) atoms. The quantitative estimate of drug-likeness (QED) is 0.440. The van der Waals surface area contributed by atoms with Crippen LogP contribution < -0.4 is 5.56 Å². The number of piperidine rings is 1. The van der Waals surface area contributed by atoms with Crippen molar-refractivity contribution >= 4 is 22.2 Å². The molecule has 0 saturated carbocycles. The van der Waals surface area contributed by atoms with Crippen molar-refractivity contribution < 1.29 is 4.79 Å². The zero-order valence-corrected chi connectivity index (χ0v) is 20.6. The minimum absolute atomic E-state index is 0.0725. The summed E-state index contributed by atoms with van der Waals surface area (Å²) in [6, 6.07) is 12.5. The molecule has 1 amide bonds. The van der Waals surface area contributed by atoms with Crippen LogP contribution in [-0.4, -0.2) is 43.1 Å². The lowest BCUT2D eigenvalue weighted by Crippen LogP contribution is -2.40. The smallest absolute Gasteiger partial charge is 0.268 e. The number of thiazole rings is 1. The second-order valence-corrected chi connectivity index (χ2v) is 10.0. The topological polar surface area (TPSA) is 72.5 Å². The fourth-order valence-corrected chi connectivity index (χ4v) is 5.89. The molecule has 0 bridgehead atoms. The van der Waals surface area contributed by atoms with Gasteiger partial charge in [-0.05, 0) is 50.7 Å². The number of aryl methyl sites for hydroxylation is 3. The zero-order chi connectivity index (χ0) is 23.8. The van der Waals surface area contributed by atoms with Gasteiger partial charge in [0.15, 0.2) is 4.96 Å². The molecule has 0 N–H and O–H groups in total. The highest BCUT2D eigenvalue weighted by Gasteiger charge is 2.25. The fourth-order valence-electron chi connectivity index (χ4n) is 4.97. The molecule has 1 fully saturated rings. The average Bonchev–Trinajstić information content (AvgIpc) is 3.37. The Labute approximate surface area is 202 Å². The van der Waals surface area contributed by atoms with Crippen LogP contribution in [0.15, 0.2) is 46.6 Å². The van der Waals surface area contributed by atoms with Gasteiger partial charge in [0.2, 0.25) is 5.91 Å². The highest BCUT2D eigenvalue weighted by atomic mass is 32.1. The van der Waals surface area contributed by atoms with E-state index in [4.69, 9.17) is 0 Å². The third-order valence-corrected chi connectivity index (χ3v) is 7.62. The van der Waals surface area contributed by atoms with Gasteiger partial charge in [0.1, 0.15) is 0 Å². The molecule has 0 unspecified atom stereocenters. The Balaban J connectivity index is 1.33. The summed E-state index contributed by atoms with van der Waals surface area (Å²) in [7, 11) is 1.83. The minimum Gasteiger partial charge on any atom is -0.342 e. The number of carbonyl (C=O) groups excluding carboxylic acids is 1. The van der Waals surface area contributed by atoms with E-state index in [0.717, 1.165) is 43.7 Å². The Morgan fingerprint density at radius 2 is 1.88 bits per heavy atom. The van der Waals surface area contributed by atoms with E-state index in [-0.39, 0.29) is 17.9 Å². The van der Waals surface area contributed by atoms with Crippen LogP contribution >= 0.6 is 11.3 Å². The van der Waals surface area contributed by atoms with Gasteiger partial charge in [-0.15, -0.1) is 11.3 Å². The molecule has 5 rings (SSSR count). The van der Waals surface area contributed by atoms with E-state index in [2.05, 4.69) is 34.3 Å². The maximum Gasteiger partial charge on any atom is 0.268 e. The number of likely N-dealkylation sites (tertiary alicyclic amines) is 1. The molecule has 0 aliphatic carbocycles. The van der Waals surface area contributed by atoms with Crippen molar-refractivity contribution in [2.45, 2.75) is 39.5 Å². The number of rotatable bonds is 5. The van der Waals surface area contributed by atoms with E-state index < -0.39 is 0 Å². The molecule has 3 aromatic heterocycles. The maximum absolute atomic E-state index is 13.5. The minimum atomic E-state index is -0.142. The Bertz CT molecular complexity index is 1390. The van der Waals surface area contributed by atoms with Gasteiger partial charge in [-0.25, -0.2) is 4.98 Å². The van der Waals surface area contributed by atoms with E-state index >= 15 is 0 Å². The normalized spacial score (nSPS) is 14.7. The van der Waals surface area contributed by atoms with Gasteiger partial charge >= 0.3 is 0 Å². The summed E-state index contributed by atoms with van der Waals surface area (Å²) in [5.41, 5.74) is 4.72. The van der Waals surface area contributed by atoms with Crippen LogP contribution in [-0.2, 0) is 24.7 Å². The van der Waals surface area contributed by atoms with Crippen LogP contribution in [0.3, 0.4) is 0 Å².